The Morgan fingerprint density at radius 3 is 2.87 bits per heavy atom. The van der Waals surface area contributed by atoms with E-state index in [1.807, 2.05) is 6.92 Å². The van der Waals surface area contributed by atoms with Gasteiger partial charge in [-0.25, -0.2) is 4.98 Å². The van der Waals surface area contributed by atoms with Crippen molar-refractivity contribution in [3.05, 3.63) is 27.4 Å². The molecule has 0 saturated heterocycles. The van der Waals surface area contributed by atoms with Crippen LogP contribution < -0.4 is 11.3 Å². The quantitative estimate of drug-likeness (QED) is 0.768. The molecule has 1 saturated carbocycles. The zero-order valence-electron chi connectivity index (χ0n) is 9.05. The Kier molecular flexibility index (Phi) is 2.86. The fourth-order valence-corrected chi connectivity index (χ4v) is 1.66. The number of rotatable bonds is 4. The molecule has 0 bridgehead atoms. The number of nitrogens with two attached hydrogens (primary N) is 1. The summed E-state index contributed by atoms with van der Waals surface area (Å²) in [6, 6.07) is 0. The van der Waals surface area contributed by atoms with E-state index in [4.69, 9.17) is 5.73 Å². The number of hydrogen-bond acceptors (Lipinski definition) is 3. The Morgan fingerprint density at radius 2 is 2.27 bits per heavy atom. The molecule has 1 aromatic heterocycles. The third-order valence-electron chi connectivity index (χ3n) is 2.85. The predicted molar refractivity (Wildman–Crippen MR) is 58.9 cm³/mol. The molecule has 1 aromatic rings. The van der Waals surface area contributed by atoms with E-state index in [-0.39, 0.29) is 5.56 Å². The summed E-state index contributed by atoms with van der Waals surface area (Å²) in [6.07, 6.45) is 4.01. The summed E-state index contributed by atoms with van der Waals surface area (Å²) in [6.45, 7) is 2.47. The smallest absolute Gasteiger partial charge is 0.254 e. The van der Waals surface area contributed by atoms with Crippen LogP contribution in [-0.4, -0.2) is 16.5 Å². The van der Waals surface area contributed by atoms with Gasteiger partial charge in [0, 0.05) is 11.5 Å². The van der Waals surface area contributed by atoms with Gasteiger partial charge >= 0.3 is 0 Å². The molecule has 82 valence electrons. The summed E-state index contributed by atoms with van der Waals surface area (Å²) in [7, 11) is 0. The van der Waals surface area contributed by atoms with E-state index in [0.717, 1.165) is 42.8 Å². The van der Waals surface area contributed by atoms with Gasteiger partial charge in [0.2, 0.25) is 0 Å². The highest BCUT2D eigenvalue weighted by Crippen LogP contribution is 2.37. The number of H-pyrrole nitrogens is 1. The average Bonchev–Trinajstić information content (AvgIpc) is 3.03. The monoisotopic (exact) mass is 207 g/mol. The van der Waals surface area contributed by atoms with Crippen LogP contribution in [0.5, 0.6) is 0 Å². The van der Waals surface area contributed by atoms with Crippen LogP contribution in [-0.2, 0) is 6.42 Å². The highest BCUT2D eigenvalue weighted by atomic mass is 16.1. The molecule has 0 amide bonds. The molecule has 0 aromatic carbocycles. The van der Waals surface area contributed by atoms with Gasteiger partial charge in [-0.2, -0.15) is 0 Å². The first kappa shape index (κ1) is 10.4. The lowest BCUT2D eigenvalue weighted by atomic mass is 10.1. The molecule has 0 unspecified atom stereocenters. The summed E-state index contributed by atoms with van der Waals surface area (Å²) in [5, 5.41) is 0. The Hall–Kier alpha value is -1.16. The van der Waals surface area contributed by atoms with Crippen LogP contribution in [0.4, 0.5) is 0 Å². The van der Waals surface area contributed by atoms with Crippen molar-refractivity contribution in [1.82, 2.24) is 9.97 Å². The summed E-state index contributed by atoms with van der Waals surface area (Å²) in [5.74, 6) is 1.37. The number of hydrogen-bond donors (Lipinski definition) is 2. The van der Waals surface area contributed by atoms with Crippen LogP contribution in [0.15, 0.2) is 4.79 Å². The van der Waals surface area contributed by atoms with Gasteiger partial charge in [-0.1, -0.05) is 0 Å². The van der Waals surface area contributed by atoms with Gasteiger partial charge in [0.25, 0.3) is 5.56 Å². The normalized spacial score (nSPS) is 15.6. The molecule has 0 aliphatic heterocycles. The molecule has 3 N–H and O–H groups in total. The zero-order valence-corrected chi connectivity index (χ0v) is 9.05. The van der Waals surface area contributed by atoms with Crippen molar-refractivity contribution in [3.8, 4) is 0 Å². The number of aromatic amines is 1. The van der Waals surface area contributed by atoms with Crippen molar-refractivity contribution in [1.29, 1.82) is 0 Å². The SMILES string of the molecule is Cc1c(CCCN)nc(C2CC2)[nH]c1=O. The van der Waals surface area contributed by atoms with E-state index in [1.165, 1.54) is 0 Å². The van der Waals surface area contributed by atoms with Crippen molar-refractivity contribution in [3.63, 3.8) is 0 Å². The second-order valence-electron chi connectivity index (χ2n) is 4.19. The molecule has 4 heteroatoms. The second kappa shape index (κ2) is 4.14. The average molecular weight is 207 g/mol. The van der Waals surface area contributed by atoms with Crippen molar-refractivity contribution < 1.29 is 0 Å². The Bertz CT molecular complexity index is 407. The van der Waals surface area contributed by atoms with Gasteiger partial charge in [0.1, 0.15) is 5.82 Å². The fraction of sp³-hybridized carbons (Fsp3) is 0.636. The zero-order chi connectivity index (χ0) is 10.8. The molecule has 1 fully saturated rings. The van der Waals surface area contributed by atoms with Crippen LogP contribution in [0.1, 0.15) is 42.3 Å². The van der Waals surface area contributed by atoms with Gasteiger partial charge < -0.3 is 10.7 Å². The third kappa shape index (κ3) is 2.26. The van der Waals surface area contributed by atoms with E-state index in [0.29, 0.717) is 12.5 Å². The second-order valence-corrected chi connectivity index (χ2v) is 4.19. The minimum Gasteiger partial charge on any atom is -0.330 e. The van der Waals surface area contributed by atoms with Gasteiger partial charge in [-0.3, -0.25) is 4.79 Å². The fourth-order valence-electron chi connectivity index (χ4n) is 1.66. The summed E-state index contributed by atoms with van der Waals surface area (Å²) >= 11 is 0. The van der Waals surface area contributed by atoms with Crippen LogP contribution in [0.2, 0.25) is 0 Å². The van der Waals surface area contributed by atoms with E-state index < -0.39 is 0 Å². The summed E-state index contributed by atoms with van der Waals surface area (Å²) in [5.41, 5.74) is 7.14. The van der Waals surface area contributed by atoms with Gasteiger partial charge in [-0.05, 0) is 39.2 Å². The minimum atomic E-state index is 0.0129. The van der Waals surface area contributed by atoms with Crippen LogP contribution in [0.3, 0.4) is 0 Å². The maximum atomic E-state index is 11.6. The van der Waals surface area contributed by atoms with Gasteiger partial charge in [0.15, 0.2) is 0 Å². The van der Waals surface area contributed by atoms with E-state index in [1.54, 1.807) is 0 Å². The molecule has 1 heterocycles. The van der Waals surface area contributed by atoms with E-state index >= 15 is 0 Å². The molecule has 2 rings (SSSR count). The number of aryl methyl sites for hydroxylation is 1. The molecular weight excluding hydrogens is 190 g/mol. The van der Waals surface area contributed by atoms with Crippen molar-refractivity contribution in [2.75, 3.05) is 6.54 Å². The maximum Gasteiger partial charge on any atom is 0.254 e. The van der Waals surface area contributed by atoms with Crippen molar-refractivity contribution in [2.45, 2.75) is 38.5 Å². The molecule has 4 nitrogen and oxygen atoms in total. The summed E-state index contributed by atoms with van der Waals surface area (Å²) in [4.78, 5) is 19.0. The summed E-state index contributed by atoms with van der Waals surface area (Å²) < 4.78 is 0. The first-order valence-electron chi connectivity index (χ1n) is 5.52. The first-order chi connectivity index (χ1) is 7.22. The molecular formula is C11H17N3O. The maximum absolute atomic E-state index is 11.6. The van der Waals surface area contributed by atoms with Crippen LogP contribution in [0, 0.1) is 6.92 Å². The number of aromatic nitrogens is 2. The molecule has 1 aliphatic rings. The highest BCUT2D eigenvalue weighted by molar-refractivity contribution is 5.19. The largest absolute Gasteiger partial charge is 0.330 e. The topological polar surface area (TPSA) is 71.8 Å². The number of nitrogens with zero attached hydrogens (tertiary/aromatic N) is 1. The van der Waals surface area contributed by atoms with Crippen LogP contribution in [0.25, 0.3) is 0 Å². The molecule has 0 atom stereocenters. The lowest BCUT2D eigenvalue weighted by Gasteiger charge is -2.06. The lowest BCUT2D eigenvalue weighted by molar-refractivity contribution is 0.770. The third-order valence-corrected chi connectivity index (χ3v) is 2.85. The highest BCUT2D eigenvalue weighted by Gasteiger charge is 2.26. The van der Waals surface area contributed by atoms with Crippen LogP contribution >= 0.6 is 0 Å². The lowest BCUT2D eigenvalue weighted by Crippen LogP contribution is -2.18. The number of nitrogens with one attached hydrogen (secondary N) is 1. The molecule has 0 radical (unpaired) electrons. The van der Waals surface area contributed by atoms with Crippen molar-refractivity contribution >= 4 is 0 Å². The Balaban J connectivity index is 2.29. The van der Waals surface area contributed by atoms with Gasteiger partial charge in [-0.15, -0.1) is 0 Å². The van der Waals surface area contributed by atoms with Gasteiger partial charge in [0.05, 0.1) is 5.69 Å². The predicted octanol–water partition coefficient (Wildman–Crippen LogP) is 0.847. The minimum absolute atomic E-state index is 0.0129. The van der Waals surface area contributed by atoms with E-state index in [2.05, 4.69) is 9.97 Å². The molecule has 1 aliphatic carbocycles. The Labute approximate surface area is 88.9 Å². The Morgan fingerprint density at radius 1 is 1.53 bits per heavy atom. The molecule has 0 spiro atoms. The first-order valence-corrected chi connectivity index (χ1v) is 5.52. The standard InChI is InChI=1S/C11H17N3O/c1-7-9(3-2-6-12)13-10(8-4-5-8)14-11(7)15/h8H,2-6,12H2,1H3,(H,13,14,15). The van der Waals surface area contributed by atoms with Crippen molar-refractivity contribution in [2.24, 2.45) is 5.73 Å². The molecule has 15 heavy (non-hydrogen) atoms. The van der Waals surface area contributed by atoms with E-state index in [9.17, 15) is 4.79 Å².